The Morgan fingerprint density at radius 3 is 2.50 bits per heavy atom. The summed E-state index contributed by atoms with van der Waals surface area (Å²) in [6.45, 7) is 1.47. The highest BCUT2D eigenvalue weighted by Gasteiger charge is 2.37. The minimum Gasteiger partial charge on any atom is -0.383 e. The maximum Gasteiger partial charge on any atom is 0.414 e. The van der Waals surface area contributed by atoms with Gasteiger partial charge in [0, 0.05) is 10.7 Å². The summed E-state index contributed by atoms with van der Waals surface area (Å²) in [6.07, 6.45) is -1.67. The smallest absolute Gasteiger partial charge is 0.383 e. The van der Waals surface area contributed by atoms with E-state index in [1.54, 1.807) is 0 Å². The highest BCUT2D eigenvalue weighted by Crippen LogP contribution is 2.31. The van der Waals surface area contributed by atoms with Crippen molar-refractivity contribution in [2.75, 3.05) is 0 Å². The standard InChI is InChI=1S/C7H7BrF3N/c1-4-6(7(9,10)11)2-5(8)3-12-4/h2-4,12H,1H3. The van der Waals surface area contributed by atoms with Crippen LogP contribution >= 0.6 is 15.9 Å². The largest absolute Gasteiger partial charge is 0.414 e. The van der Waals surface area contributed by atoms with E-state index in [1.807, 2.05) is 0 Å². The van der Waals surface area contributed by atoms with Gasteiger partial charge in [-0.2, -0.15) is 13.2 Å². The lowest BCUT2D eigenvalue weighted by Gasteiger charge is -2.22. The fourth-order valence-corrected chi connectivity index (χ4v) is 1.32. The zero-order chi connectivity index (χ0) is 9.35. The Labute approximate surface area is 76.5 Å². The number of halogens is 4. The third-order valence-corrected chi connectivity index (χ3v) is 2.02. The first-order valence-corrected chi connectivity index (χ1v) is 4.11. The fraction of sp³-hybridized carbons (Fsp3) is 0.429. The van der Waals surface area contributed by atoms with Gasteiger partial charge in [0.25, 0.3) is 0 Å². The lowest BCUT2D eigenvalue weighted by molar-refractivity contribution is -0.0959. The van der Waals surface area contributed by atoms with Gasteiger partial charge in [0.05, 0.1) is 11.6 Å². The molecule has 68 valence electrons. The molecule has 1 atom stereocenters. The van der Waals surface area contributed by atoms with Crippen LogP contribution in [0.15, 0.2) is 22.3 Å². The summed E-state index contributed by atoms with van der Waals surface area (Å²) in [5, 5.41) is 2.59. The van der Waals surface area contributed by atoms with Crippen molar-refractivity contribution in [3.05, 3.63) is 22.3 Å². The number of hydrogen-bond acceptors (Lipinski definition) is 1. The van der Waals surface area contributed by atoms with Crippen LogP contribution in [0.2, 0.25) is 0 Å². The number of alkyl halides is 3. The van der Waals surface area contributed by atoms with E-state index < -0.39 is 17.8 Å². The van der Waals surface area contributed by atoms with E-state index in [0.29, 0.717) is 4.48 Å². The molecule has 0 saturated heterocycles. The molecule has 1 rings (SSSR count). The number of hydrogen-bond donors (Lipinski definition) is 1. The topological polar surface area (TPSA) is 12.0 Å². The van der Waals surface area contributed by atoms with Gasteiger partial charge in [0.1, 0.15) is 0 Å². The van der Waals surface area contributed by atoms with Crippen LogP contribution in [0.1, 0.15) is 6.92 Å². The Bertz CT molecular complexity index is 242. The predicted molar refractivity (Wildman–Crippen MR) is 43.7 cm³/mol. The number of nitrogens with one attached hydrogen (secondary N) is 1. The molecule has 0 aromatic carbocycles. The fourth-order valence-electron chi connectivity index (χ4n) is 0.937. The molecule has 1 nitrogen and oxygen atoms in total. The minimum atomic E-state index is -4.25. The summed E-state index contributed by atoms with van der Waals surface area (Å²) < 4.78 is 37.0. The molecule has 0 aliphatic carbocycles. The molecule has 1 unspecified atom stereocenters. The van der Waals surface area contributed by atoms with E-state index in [0.717, 1.165) is 6.08 Å². The number of dihydropyridines is 1. The number of rotatable bonds is 0. The molecular formula is C7H7BrF3N. The molecule has 1 heterocycles. The Kier molecular flexibility index (Phi) is 2.51. The van der Waals surface area contributed by atoms with Crippen molar-refractivity contribution in [2.45, 2.75) is 19.1 Å². The molecule has 1 N–H and O–H groups in total. The van der Waals surface area contributed by atoms with Gasteiger partial charge in [0.15, 0.2) is 0 Å². The minimum absolute atomic E-state index is 0.410. The Hall–Kier alpha value is -0.450. The molecule has 0 fully saturated rings. The molecule has 0 saturated carbocycles. The molecular weight excluding hydrogens is 235 g/mol. The van der Waals surface area contributed by atoms with E-state index in [2.05, 4.69) is 21.2 Å². The zero-order valence-electron chi connectivity index (χ0n) is 6.24. The molecule has 1 aliphatic heterocycles. The zero-order valence-corrected chi connectivity index (χ0v) is 7.83. The third kappa shape index (κ3) is 2.03. The normalized spacial score (nSPS) is 24.2. The second kappa shape index (κ2) is 3.12. The monoisotopic (exact) mass is 241 g/mol. The summed E-state index contributed by atoms with van der Waals surface area (Å²) in [4.78, 5) is 0. The highest BCUT2D eigenvalue weighted by atomic mass is 79.9. The molecule has 1 aliphatic rings. The van der Waals surface area contributed by atoms with Gasteiger partial charge in [0.2, 0.25) is 0 Å². The van der Waals surface area contributed by atoms with Crippen LogP contribution in [-0.4, -0.2) is 12.2 Å². The van der Waals surface area contributed by atoms with E-state index >= 15 is 0 Å². The lowest BCUT2D eigenvalue weighted by atomic mass is 10.1. The molecule has 0 aromatic heterocycles. The highest BCUT2D eigenvalue weighted by molar-refractivity contribution is 9.11. The van der Waals surface area contributed by atoms with Gasteiger partial charge in [-0.3, -0.25) is 0 Å². The van der Waals surface area contributed by atoms with Crippen molar-refractivity contribution in [3.8, 4) is 0 Å². The van der Waals surface area contributed by atoms with Gasteiger partial charge in [-0.1, -0.05) is 0 Å². The summed E-state index contributed by atoms with van der Waals surface area (Å²) in [5.74, 6) is 0. The molecule has 0 aromatic rings. The van der Waals surface area contributed by atoms with Crippen molar-refractivity contribution in [1.82, 2.24) is 5.32 Å². The molecule has 0 spiro atoms. The first-order valence-electron chi connectivity index (χ1n) is 3.32. The second-order valence-corrected chi connectivity index (χ2v) is 3.43. The summed E-state index contributed by atoms with van der Waals surface area (Å²) in [6, 6.07) is -0.675. The summed E-state index contributed by atoms with van der Waals surface area (Å²) in [5.41, 5.74) is -0.558. The Morgan fingerprint density at radius 1 is 1.50 bits per heavy atom. The van der Waals surface area contributed by atoms with Crippen LogP contribution in [-0.2, 0) is 0 Å². The van der Waals surface area contributed by atoms with Crippen LogP contribution in [0, 0.1) is 0 Å². The van der Waals surface area contributed by atoms with E-state index in [9.17, 15) is 13.2 Å². The SMILES string of the molecule is CC1NC=C(Br)C=C1C(F)(F)F. The quantitative estimate of drug-likeness (QED) is 0.688. The molecule has 0 radical (unpaired) electrons. The van der Waals surface area contributed by atoms with Gasteiger partial charge in [-0.15, -0.1) is 0 Å². The lowest BCUT2D eigenvalue weighted by Crippen LogP contribution is -2.33. The van der Waals surface area contributed by atoms with E-state index in [1.165, 1.54) is 13.1 Å². The van der Waals surface area contributed by atoms with Gasteiger partial charge < -0.3 is 5.32 Å². The van der Waals surface area contributed by atoms with Crippen molar-refractivity contribution in [3.63, 3.8) is 0 Å². The van der Waals surface area contributed by atoms with E-state index in [4.69, 9.17) is 0 Å². The Morgan fingerprint density at radius 2 is 2.08 bits per heavy atom. The van der Waals surface area contributed by atoms with Crippen LogP contribution in [0.25, 0.3) is 0 Å². The van der Waals surface area contributed by atoms with Gasteiger partial charge in [-0.25, -0.2) is 0 Å². The van der Waals surface area contributed by atoms with Gasteiger partial charge >= 0.3 is 6.18 Å². The number of allylic oxidation sites excluding steroid dienone is 2. The molecule has 0 amide bonds. The summed E-state index contributed by atoms with van der Waals surface area (Å²) in [7, 11) is 0. The second-order valence-electron chi connectivity index (χ2n) is 2.52. The van der Waals surface area contributed by atoms with E-state index in [-0.39, 0.29) is 0 Å². The van der Waals surface area contributed by atoms with Crippen LogP contribution in [0.5, 0.6) is 0 Å². The first-order chi connectivity index (χ1) is 5.41. The molecule has 0 bridgehead atoms. The summed E-state index contributed by atoms with van der Waals surface area (Å²) >= 11 is 2.97. The Balaban J connectivity index is 2.94. The maximum atomic E-state index is 12.2. The van der Waals surface area contributed by atoms with Crippen molar-refractivity contribution < 1.29 is 13.2 Å². The average Bonchev–Trinajstić information content (AvgIpc) is 1.92. The van der Waals surface area contributed by atoms with Crippen molar-refractivity contribution in [2.24, 2.45) is 0 Å². The van der Waals surface area contributed by atoms with Crippen LogP contribution in [0.4, 0.5) is 13.2 Å². The van der Waals surface area contributed by atoms with Crippen molar-refractivity contribution in [1.29, 1.82) is 0 Å². The third-order valence-electron chi connectivity index (χ3n) is 1.56. The van der Waals surface area contributed by atoms with Crippen LogP contribution in [0.3, 0.4) is 0 Å². The van der Waals surface area contributed by atoms with Crippen molar-refractivity contribution >= 4 is 15.9 Å². The predicted octanol–water partition coefficient (Wildman–Crippen LogP) is 2.70. The average molecular weight is 242 g/mol. The maximum absolute atomic E-state index is 12.2. The van der Waals surface area contributed by atoms with Crippen LogP contribution < -0.4 is 5.32 Å². The van der Waals surface area contributed by atoms with Gasteiger partial charge in [-0.05, 0) is 28.9 Å². The molecule has 5 heteroatoms. The molecule has 12 heavy (non-hydrogen) atoms. The first kappa shape index (κ1) is 9.64.